The van der Waals surface area contributed by atoms with Gasteiger partial charge in [-0.3, -0.25) is 19.8 Å². The van der Waals surface area contributed by atoms with Crippen molar-refractivity contribution in [2.45, 2.75) is 26.2 Å². The SMILES string of the molecule is CCCc1ncc(Cc2cnc3ccc(OP(=O)(O)O)cc3c2)c2cc(OC)c(OC)cc12.[H-].[Na+]. The van der Waals surface area contributed by atoms with Crippen LogP contribution in [0.5, 0.6) is 17.2 Å². The molecule has 2 heterocycles. The van der Waals surface area contributed by atoms with Crippen LogP contribution in [0.4, 0.5) is 0 Å². The Labute approximate surface area is 221 Å². The molecule has 0 saturated carbocycles. The van der Waals surface area contributed by atoms with Crippen LogP contribution >= 0.6 is 7.82 Å². The van der Waals surface area contributed by atoms with Crippen LogP contribution in [-0.2, 0) is 17.4 Å². The number of aryl methyl sites for hydroxylation is 1. The summed E-state index contributed by atoms with van der Waals surface area (Å²) in [5.74, 6) is 1.39. The number of hydrogen-bond donors (Lipinski definition) is 2. The number of phosphoric ester groups is 1. The molecule has 0 unspecified atom stereocenters. The molecule has 0 aliphatic rings. The van der Waals surface area contributed by atoms with Crippen LogP contribution in [0.25, 0.3) is 21.7 Å². The Bertz CT molecular complexity index is 1380. The predicted octanol–water partition coefficient (Wildman–Crippen LogP) is 1.93. The van der Waals surface area contributed by atoms with Crippen molar-refractivity contribution in [1.82, 2.24) is 9.97 Å². The molecule has 10 heteroatoms. The first-order valence-corrected chi connectivity index (χ1v) is 12.0. The van der Waals surface area contributed by atoms with Gasteiger partial charge < -0.3 is 15.4 Å². The van der Waals surface area contributed by atoms with E-state index < -0.39 is 7.82 Å². The number of benzene rings is 2. The normalized spacial score (nSPS) is 11.3. The van der Waals surface area contributed by atoms with Gasteiger partial charge in [-0.15, -0.1) is 0 Å². The Balaban J connectivity index is 0.00000216. The minimum Gasteiger partial charge on any atom is -1.00 e. The van der Waals surface area contributed by atoms with E-state index in [2.05, 4.69) is 11.9 Å². The van der Waals surface area contributed by atoms with Gasteiger partial charge in [0.05, 0.1) is 19.7 Å². The van der Waals surface area contributed by atoms with E-state index >= 15 is 0 Å². The van der Waals surface area contributed by atoms with E-state index in [1.54, 1.807) is 32.5 Å². The molecule has 0 amide bonds. The monoisotopic (exact) mass is 492 g/mol. The zero-order valence-corrected chi connectivity index (χ0v) is 22.5. The van der Waals surface area contributed by atoms with E-state index in [9.17, 15) is 4.57 Å². The van der Waals surface area contributed by atoms with E-state index in [0.717, 1.165) is 45.8 Å². The summed E-state index contributed by atoms with van der Waals surface area (Å²) in [6.45, 7) is 2.12. The molecule has 0 aliphatic carbocycles. The predicted molar refractivity (Wildman–Crippen MR) is 127 cm³/mol. The number of hydrogen-bond acceptors (Lipinski definition) is 6. The molecule has 8 nitrogen and oxygen atoms in total. The molecule has 0 aliphatic heterocycles. The number of methoxy groups -OCH3 is 2. The van der Waals surface area contributed by atoms with Crippen LogP contribution < -0.4 is 43.6 Å². The van der Waals surface area contributed by atoms with Gasteiger partial charge in [0.25, 0.3) is 0 Å². The van der Waals surface area contributed by atoms with Crippen LogP contribution in [0.2, 0.25) is 0 Å². The van der Waals surface area contributed by atoms with Gasteiger partial charge in [-0.25, -0.2) is 4.57 Å². The van der Waals surface area contributed by atoms with Crippen molar-refractivity contribution in [3.8, 4) is 17.2 Å². The molecule has 0 radical (unpaired) electrons. The van der Waals surface area contributed by atoms with Gasteiger partial charge in [0, 0.05) is 35.3 Å². The number of nitrogens with zero attached hydrogens (tertiary/aromatic N) is 2. The number of rotatable bonds is 8. The summed E-state index contributed by atoms with van der Waals surface area (Å²) in [5, 5.41) is 2.78. The van der Waals surface area contributed by atoms with Crippen molar-refractivity contribution in [2.24, 2.45) is 0 Å². The first-order chi connectivity index (χ1) is 15.8. The van der Waals surface area contributed by atoms with Crippen molar-refractivity contribution < 1.29 is 59.3 Å². The average Bonchev–Trinajstić information content (AvgIpc) is 2.78. The van der Waals surface area contributed by atoms with Crippen molar-refractivity contribution in [3.63, 3.8) is 0 Å². The first kappa shape index (κ1) is 26.4. The quantitative estimate of drug-likeness (QED) is 0.284. The molecule has 2 aromatic heterocycles. The third kappa shape index (κ3) is 5.89. The fourth-order valence-corrected chi connectivity index (χ4v) is 4.31. The standard InChI is InChI=1S/C24H25N2O6P.Na.H/c1-4-5-22-20-12-24(31-3)23(30-2)11-19(20)17(14-26-22)9-15-8-16-10-18(32-33(27,28)29)6-7-21(16)25-13-15;;/h6-8,10-14H,4-5,9H2,1-3H3,(H2,27,28,29);;/q;+1;-1. The Morgan fingerprint density at radius 3 is 2.32 bits per heavy atom. The average molecular weight is 492 g/mol. The fourth-order valence-electron chi connectivity index (χ4n) is 3.92. The topological polar surface area (TPSA) is 111 Å². The summed E-state index contributed by atoms with van der Waals surface area (Å²) in [7, 11) is -1.41. The number of ether oxygens (including phenoxy) is 2. The molecule has 4 aromatic rings. The van der Waals surface area contributed by atoms with Crippen molar-refractivity contribution in [2.75, 3.05) is 14.2 Å². The Morgan fingerprint density at radius 2 is 1.68 bits per heavy atom. The molecule has 0 spiro atoms. The van der Waals surface area contributed by atoms with Gasteiger partial charge in [0.1, 0.15) is 5.75 Å². The van der Waals surface area contributed by atoms with Crippen LogP contribution in [0.15, 0.2) is 48.8 Å². The third-order valence-corrected chi connectivity index (χ3v) is 5.82. The molecule has 34 heavy (non-hydrogen) atoms. The van der Waals surface area contributed by atoms with Crippen LogP contribution in [0.1, 0.15) is 31.6 Å². The van der Waals surface area contributed by atoms with E-state index in [1.807, 2.05) is 24.4 Å². The molecule has 2 aromatic carbocycles. The summed E-state index contributed by atoms with van der Waals surface area (Å²) in [6, 6.07) is 10.6. The van der Waals surface area contributed by atoms with Gasteiger partial charge in [-0.1, -0.05) is 13.3 Å². The summed E-state index contributed by atoms with van der Waals surface area (Å²) in [4.78, 5) is 27.4. The Hall–Kier alpha value is -2.19. The molecular formula is C24H26N2NaO6P. The number of pyridine rings is 2. The van der Waals surface area contributed by atoms with Gasteiger partial charge in [-0.05, 0) is 59.3 Å². The van der Waals surface area contributed by atoms with E-state index in [1.165, 1.54) is 6.07 Å². The molecule has 4 rings (SSSR count). The van der Waals surface area contributed by atoms with Gasteiger partial charge in [0.2, 0.25) is 0 Å². The van der Waals surface area contributed by atoms with Gasteiger partial charge in [-0.2, -0.15) is 0 Å². The van der Waals surface area contributed by atoms with Gasteiger partial charge >= 0.3 is 37.4 Å². The number of aromatic nitrogens is 2. The molecule has 0 saturated heterocycles. The maximum Gasteiger partial charge on any atom is 1.00 e. The maximum atomic E-state index is 11.2. The minimum atomic E-state index is -4.64. The zero-order chi connectivity index (χ0) is 23.6. The van der Waals surface area contributed by atoms with E-state index in [-0.39, 0.29) is 36.7 Å². The Kier molecular flexibility index (Phi) is 8.57. The molecule has 2 N–H and O–H groups in total. The largest absolute Gasteiger partial charge is 1.00 e. The second kappa shape index (κ2) is 11.0. The van der Waals surface area contributed by atoms with E-state index in [0.29, 0.717) is 23.4 Å². The summed E-state index contributed by atoms with van der Waals surface area (Å²) in [5.41, 5.74) is 3.64. The van der Waals surface area contributed by atoms with Crippen molar-refractivity contribution in [1.29, 1.82) is 0 Å². The van der Waals surface area contributed by atoms with Crippen LogP contribution in [-0.4, -0.2) is 34.0 Å². The summed E-state index contributed by atoms with van der Waals surface area (Å²) in [6.07, 6.45) is 6.07. The van der Waals surface area contributed by atoms with Crippen LogP contribution in [0, 0.1) is 0 Å². The number of fused-ring (bicyclic) bond motifs is 2. The summed E-state index contributed by atoms with van der Waals surface area (Å²) < 4.78 is 26.9. The second-order valence-corrected chi connectivity index (χ2v) is 8.85. The second-order valence-electron chi connectivity index (χ2n) is 7.69. The van der Waals surface area contributed by atoms with Crippen LogP contribution in [0.3, 0.4) is 0 Å². The number of phosphoric acid groups is 1. The smallest absolute Gasteiger partial charge is 1.00 e. The third-order valence-electron chi connectivity index (χ3n) is 5.37. The molecule has 0 atom stereocenters. The zero-order valence-electron chi connectivity index (χ0n) is 20.6. The first-order valence-electron chi connectivity index (χ1n) is 10.5. The molecule has 0 bridgehead atoms. The molecular weight excluding hydrogens is 466 g/mol. The van der Waals surface area contributed by atoms with Crippen molar-refractivity contribution in [3.05, 3.63) is 65.6 Å². The fraction of sp³-hybridized carbons (Fsp3) is 0.250. The molecule has 0 fully saturated rings. The maximum absolute atomic E-state index is 11.2. The molecule has 174 valence electrons. The van der Waals surface area contributed by atoms with Crippen molar-refractivity contribution >= 4 is 29.5 Å². The van der Waals surface area contributed by atoms with E-state index in [4.69, 9.17) is 28.8 Å². The minimum absolute atomic E-state index is 0. The van der Waals surface area contributed by atoms with Gasteiger partial charge in [0.15, 0.2) is 11.5 Å². The summed E-state index contributed by atoms with van der Waals surface area (Å²) >= 11 is 0. The Morgan fingerprint density at radius 1 is 0.971 bits per heavy atom.